The van der Waals surface area contributed by atoms with E-state index in [0.29, 0.717) is 6.54 Å². The molecule has 0 unspecified atom stereocenters. The zero-order valence-electron chi connectivity index (χ0n) is 16.4. The van der Waals surface area contributed by atoms with Crippen LogP contribution in [0.4, 0.5) is 5.69 Å². The maximum absolute atomic E-state index is 12.9. The Morgan fingerprint density at radius 3 is 2.48 bits per heavy atom. The fraction of sp³-hybridized carbons (Fsp3) is 0.348. The normalized spacial score (nSPS) is 15.4. The van der Waals surface area contributed by atoms with Crippen molar-refractivity contribution in [2.45, 2.75) is 13.8 Å². The number of Topliss-reactive ketones (excluding diaryl/α,β-unsaturated/α-hetero) is 1. The first-order chi connectivity index (χ1) is 13.0. The van der Waals surface area contributed by atoms with Crippen molar-refractivity contribution in [1.29, 1.82) is 0 Å². The van der Waals surface area contributed by atoms with Crippen LogP contribution in [0.5, 0.6) is 0 Å². The zero-order valence-corrected chi connectivity index (χ0v) is 16.4. The van der Waals surface area contributed by atoms with Gasteiger partial charge in [-0.3, -0.25) is 9.69 Å². The molecule has 0 atom stereocenters. The topological polar surface area (TPSA) is 28.5 Å². The highest BCUT2D eigenvalue weighted by atomic mass is 16.1. The van der Waals surface area contributed by atoms with E-state index in [1.165, 1.54) is 16.8 Å². The van der Waals surface area contributed by atoms with Crippen LogP contribution < -0.4 is 4.90 Å². The molecular weight excluding hydrogens is 334 g/mol. The molecule has 0 saturated carbocycles. The minimum absolute atomic E-state index is 0.215. The van der Waals surface area contributed by atoms with Crippen molar-refractivity contribution in [3.63, 3.8) is 0 Å². The van der Waals surface area contributed by atoms with Gasteiger partial charge < -0.3 is 9.47 Å². The number of anilines is 1. The molecule has 1 aliphatic heterocycles. The summed E-state index contributed by atoms with van der Waals surface area (Å²) in [6, 6.07) is 14.6. The lowest BCUT2D eigenvalue weighted by Crippen LogP contribution is -2.48. The van der Waals surface area contributed by atoms with E-state index >= 15 is 0 Å². The summed E-state index contributed by atoms with van der Waals surface area (Å²) in [5.74, 6) is 0.215. The third-order valence-electron chi connectivity index (χ3n) is 5.85. The second-order valence-corrected chi connectivity index (χ2v) is 7.58. The van der Waals surface area contributed by atoms with Crippen LogP contribution in [-0.2, 0) is 7.05 Å². The second kappa shape index (κ2) is 7.20. The highest BCUT2D eigenvalue weighted by molar-refractivity contribution is 6.09. The number of nitrogens with zero attached hydrogens (tertiary/aromatic N) is 3. The highest BCUT2D eigenvalue weighted by Crippen LogP contribution is 2.24. The molecule has 0 spiro atoms. The summed E-state index contributed by atoms with van der Waals surface area (Å²) in [5.41, 5.74) is 5.97. The quantitative estimate of drug-likeness (QED) is 0.662. The van der Waals surface area contributed by atoms with Gasteiger partial charge in [0.15, 0.2) is 5.78 Å². The van der Waals surface area contributed by atoms with E-state index in [2.05, 4.69) is 47.9 Å². The molecule has 0 radical (unpaired) electrons. The number of aryl methyl sites for hydroxylation is 2. The largest absolute Gasteiger partial charge is 0.369 e. The van der Waals surface area contributed by atoms with Crippen molar-refractivity contribution < 1.29 is 4.79 Å². The first-order valence-electron chi connectivity index (χ1n) is 9.65. The molecule has 0 N–H and O–H groups in total. The Labute approximate surface area is 161 Å². The van der Waals surface area contributed by atoms with Gasteiger partial charge >= 0.3 is 0 Å². The number of carbonyl (C=O) groups excluding carboxylic acids is 1. The lowest BCUT2D eigenvalue weighted by atomic mass is 10.1. The van der Waals surface area contributed by atoms with Gasteiger partial charge in [0.1, 0.15) is 0 Å². The second-order valence-electron chi connectivity index (χ2n) is 7.58. The van der Waals surface area contributed by atoms with Crippen LogP contribution in [0.1, 0.15) is 21.5 Å². The number of piperazine rings is 1. The molecular formula is C23H27N3O. The van der Waals surface area contributed by atoms with Crippen molar-refractivity contribution in [2.24, 2.45) is 7.05 Å². The number of carbonyl (C=O) groups is 1. The number of hydrogen-bond acceptors (Lipinski definition) is 3. The van der Waals surface area contributed by atoms with E-state index in [1.54, 1.807) is 0 Å². The Kier molecular flexibility index (Phi) is 4.75. The Balaban J connectivity index is 1.43. The van der Waals surface area contributed by atoms with E-state index in [9.17, 15) is 4.79 Å². The predicted octanol–water partition coefficient (Wildman–Crippen LogP) is 3.80. The standard InChI is InChI=1S/C23H27N3O/c1-17-7-6-10-21(18(17)2)26-13-11-25(12-14-26)16-23(27)20-15-24(3)22-9-5-4-8-19(20)22/h4-10,15H,11-14,16H2,1-3H3. The molecule has 1 aliphatic rings. The predicted molar refractivity (Wildman–Crippen MR) is 112 cm³/mol. The number of ketones is 1. The Bertz CT molecular complexity index is 980. The minimum Gasteiger partial charge on any atom is -0.369 e. The van der Waals surface area contributed by atoms with E-state index in [4.69, 9.17) is 0 Å². The Morgan fingerprint density at radius 1 is 0.963 bits per heavy atom. The molecule has 27 heavy (non-hydrogen) atoms. The molecule has 0 aliphatic carbocycles. The molecule has 1 aromatic heterocycles. The first kappa shape index (κ1) is 17.8. The molecule has 2 heterocycles. The number of aromatic nitrogens is 1. The molecule has 0 amide bonds. The van der Waals surface area contributed by atoms with Crippen LogP contribution in [0.25, 0.3) is 10.9 Å². The third kappa shape index (κ3) is 3.37. The van der Waals surface area contributed by atoms with E-state index < -0.39 is 0 Å². The van der Waals surface area contributed by atoms with Crippen LogP contribution in [0.15, 0.2) is 48.7 Å². The van der Waals surface area contributed by atoms with Gasteiger partial charge in [-0.05, 0) is 37.1 Å². The minimum atomic E-state index is 0.215. The van der Waals surface area contributed by atoms with Gasteiger partial charge in [-0.2, -0.15) is 0 Å². The van der Waals surface area contributed by atoms with E-state index in [1.807, 2.05) is 36.0 Å². The van der Waals surface area contributed by atoms with Crippen LogP contribution in [0, 0.1) is 13.8 Å². The summed E-state index contributed by atoms with van der Waals surface area (Å²) in [7, 11) is 2.00. The molecule has 1 fully saturated rings. The van der Waals surface area contributed by atoms with Gasteiger partial charge in [0, 0.05) is 61.6 Å². The maximum Gasteiger partial charge on any atom is 0.178 e. The van der Waals surface area contributed by atoms with Crippen molar-refractivity contribution in [3.8, 4) is 0 Å². The average molecular weight is 361 g/mol. The van der Waals surface area contributed by atoms with Gasteiger partial charge in [-0.25, -0.2) is 0 Å². The SMILES string of the molecule is Cc1cccc(N2CCN(CC(=O)c3cn(C)c4ccccc34)CC2)c1C. The first-order valence-corrected chi connectivity index (χ1v) is 9.65. The summed E-state index contributed by atoms with van der Waals surface area (Å²) < 4.78 is 2.04. The molecule has 4 rings (SSSR count). The van der Waals surface area contributed by atoms with E-state index in [-0.39, 0.29) is 5.78 Å². The maximum atomic E-state index is 12.9. The van der Waals surface area contributed by atoms with Crippen LogP contribution in [-0.4, -0.2) is 48.0 Å². The van der Waals surface area contributed by atoms with Gasteiger partial charge in [0.05, 0.1) is 6.54 Å². The molecule has 3 aromatic rings. The number of fused-ring (bicyclic) bond motifs is 1. The fourth-order valence-electron chi connectivity index (χ4n) is 4.08. The third-order valence-corrected chi connectivity index (χ3v) is 5.85. The summed E-state index contributed by atoms with van der Waals surface area (Å²) >= 11 is 0. The van der Waals surface area contributed by atoms with E-state index in [0.717, 1.165) is 42.6 Å². The van der Waals surface area contributed by atoms with Gasteiger partial charge in [-0.15, -0.1) is 0 Å². The molecule has 4 heteroatoms. The van der Waals surface area contributed by atoms with Crippen LogP contribution in [0.2, 0.25) is 0 Å². The molecule has 1 saturated heterocycles. The highest BCUT2D eigenvalue weighted by Gasteiger charge is 2.22. The van der Waals surface area contributed by atoms with Crippen molar-refractivity contribution in [2.75, 3.05) is 37.6 Å². The van der Waals surface area contributed by atoms with Gasteiger partial charge in [-0.1, -0.05) is 30.3 Å². The summed E-state index contributed by atoms with van der Waals surface area (Å²) in [5, 5.41) is 1.05. The molecule has 2 aromatic carbocycles. The molecule has 4 nitrogen and oxygen atoms in total. The number of para-hydroxylation sites is 1. The average Bonchev–Trinajstić information content (AvgIpc) is 3.02. The Hall–Kier alpha value is -2.59. The molecule has 0 bridgehead atoms. The Morgan fingerprint density at radius 2 is 1.70 bits per heavy atom. The monoisotopic (exact) mass is 361 g/mol. The van der Waals surface area contributed by atoms with Crippen molar-refractivity contribution in [3.05, 3.63) is 65.4 Å². The lowest BCUT2D eigenvalue weighted by Gasteiger charge is -2.36. The summed E-state index contributed by atoms with van der Waals surface area (Å²) in [4.78, 5) is 17.7. The van der Waals surface area contributed by atoms with Gasteiger partial charge in [0.2, 0.25) is 0 Å². The lowest BCUT2D eigenvalue weighted by molar-refractivity contribution is 0.0928. The number of rotatable bonds is 4. The number of benzene rings is 2. The number of hydrogen-bond donors (Lipinski definition) is 0. The molecule has 140 valence electrons. The fourth-order valence-corrected chi connectivity index (χ4v) is 4.08. The summed E-state index contributed by atoms with van der Waals surface area (Å²) in [6.07, 6.45) is 1.97. The van der Waals surface area contributed by atoms with Crippen molar-refractivity contribution in [1.82, 2.24) is 9.47 Å². The summed E-state index contributed by atoms with van der Waals surface area (Å²) in [6.45, 7) is 8.63. The van der Waals surface area contributed by atoms with Gasteiger partial charge in [0.25, 0.3) is 0 Å². The van der Waals surface area contributed by atoms with Crippen molar-refractivity contribution >= 4 is 22.4 Å². The van der Waals surface area contributed by atoms with Crippen LogP contribution in [0.3, 0.4) is 0 Å². The smallest absolute Gasteiger partial charge is 0.178 e. The zero-order chi connectivity index (χ0) is 19.0. The van der Waals surface area contributed by atoms with Crippen LogP contribution >= 0.6 is 0 Å².